The van der Waals surface area contributed by atoms with E-state index in [1.54, 1.807) is 6.07 Å². The maximum atomic E-state index is 11.8. The minimum Gasteiger partial charge on any atom is -0.385 e. The summed E-state index contributed by atoms with van der Waals surface area (Å²) in [5, 5.41) is 13.7. The fraction of sp³-hybridized carbons (Fsp3) is 0.385. The number of amides is 2. The van der Waals surface area contributed by atoms with Gasteiger partial charge in [0.25, 0.3) is 10.9 Å². The fourth-order valence-electron chi connectivity index (χ4n) is 2.05. The number of nitro benzene ring substituents is 1. The number of benzene rings is 1. The zero-order valence-electron chi connectivity index (χ0n) is 11.5. The lowest BCUT2D eigenvalue weighted by molar-refractivity contribution is -0.384. The van der Waals surface area contributed by atoms with Gasteiger partial charge in [-0.2, -0.15) is 0 Å². The zero-order valence-corrected chi connectivity index (χ0v) is 12.3. The van der Waals surface area contributed by atoms with Crippen molar-refractivity contribution < 1.29 is 14.5 Å². The molecule has 1 saturated heterocycles. The van der Waals surface area contributed by atoms with Crippen molar-refractivity contribution in [2.75, 3.05) is 17.6 Å². The molecule has 0 unspecified atom stereocenters. The van der Waals surface area contributed by atoms with Gasteiger partial charge in [0.2, 0.25) is 5.91 Å². The lowest BCUT2D eigenvalue weighted by Crippen LogP contribution is -2.37. The third kappa shape index (κ3) is 3.52. The molecule has 0 atom stereocenters. The fourth-order valence-corrected chi connectivity index (χ4v) is 2.82. The first kappa shape index (κ1) is 15.3. The molecule has 0 radical (unpaired) electrons. The number of nitrogens with one attached hydrogen (secondary N) is 1. The highest BCUT2D eigenvalue weighted by Crippen LogP contribution is 2.27. The molecule has 0 spiro atoms. The molecule has 0 aliphatic carbocycles. The second-order valence-electron chi connectivity index (χ2n) is 4.47. The topological polar surface area (TPSA) is 92.6 Å². The van der Waals surface area contributed by atoms with E-state index >= 15 is 0 Å². The van der Waals surface area contributed by atoms with E-state index in [0.29, 0.717) is 30.0 Å². The minimum atomic E-state index is -0.492. The van der Waals surface area contributed by atoms with Gasteiger partial charge >= 0.3 is 0 Å². The Balaban J connectivity index is 2.31. The summed E-state index contributed by atoms with van der Waals surface area (Å²) in [4.78, 5) is 35.2. The van der Waals surface area contributed by atoms with Crippen molar-refractivity contribution in [3.63, 3.8) is 0 Å². The summed E-state index contributed by atoms with van der Waals surface area (Å²) in [5.41, 5.74) is 1.20. The van der Waals surface area contributed by atoms with E-state index in [4.69, 9.17) is 0 Å². The Bertz CT molecular complexity index is 575. The molecule has 0 bridgehead atoms. The van der Waals surface area contributed by atoms with Crippen molar-refractivity contribution in [2.45, 2.75) is 19.9 Å². The van der Waals surface area contributed by atoms with Crippen LogP contribution in [-0.4, -0.2) is 33.3 Å². The Kier molecular flexibility index (Phi) is 4.79. The molecule has 1 aliphatic heterocycles. The van der Waals surface area contributed by atoms with E-state index in [0.717, 1.165) is 16.7 Å². The smallest absolute Gasteiger partial charge is 0.288 e. The van der Waals surface area contributed by atoms with E-state index in [9.17, 15) is 19.7 Å². The third-order valence-electron chi connectivity index (χ3n) is 3.06. The van der Waals surface area contributed by atoms with Crippen molar-refractivity contribution in [2.24, 2.45) is 0 Å². The Hall–Kier alpha value is -2.09. The number of carbonyl (C=O) groups is 2. The highest BCUT2D eigenvalue weighted by atomic mass is 32.2. The number of rotatable bonds is 5. The summed E-state index contributed by atoms with van der Waals surface area (Å²) >= 11 is 1.09. The molecule has 1 aliphatic rings. The molecule has 21 heavy (non-hydrogen) atoms. The first-order valence-corrected chi connectivity index (χ1v) is 7.49. The molecule has 112 valence electrons. The number of non-ortho nitro benzene ring substituents is 1. The first-order chi connectivity index (χ1) is 10.0. The number of nitro groups is 1. The van der Waals surface area contributed by atoms with Gasteiger partial charge in [-0.15, -0.1) is 0 Å². The molecule has 2 amide bonds. The maximum absolute atomic E-state index is 11.8. The number of carbonyl (C=O) groups excluding carboxylic acids is 2. The van der Waals surface area contributed by atoms with Gasteiger partial charge in [-0.3, -0.25) is 24.6 Å². The van der Waals surface area contributed by atoms with Crippen molar-refractivity contribution in [3.8, 4) is 0 Å². The van der Waals surface area contributed by atoms with E-state index in [2.05, 4.69) is 5.32 Å². The van der Waals surface area contributed by atoms with Crippen LogP contribution >= 0.6 is 11.8 Å². The normalized spacial score (nSPS) is 15.2. The van der Waals surface area contributed by atoms with Gasteiger partial charge in [0.05, 0.1) is 11.5 Å². The van der Waals surface area contributed by atoms with Crippen molar-refractivity contribution >= 4 is 34.3 Å². The number of hydrogen-bond acceptors (Lipinski definition) is 6. The summed E-state index contributed by atoms with van der Waals surface area (Å²) in [6.07, 6.45) is 0.307. The van der Waals surface area contributed by atoms with Gasteiger partial charge in [0.1, 0.15) is 0 Å². The Morgan fingerprint density at radius 3 is 2.81 bits per heavy atom. The molecular formula is C13H15N3O4S. The number of thioether (sulfide) groups is 1. The molecular weight excluding hydrogens is 294 g/mol. The van der Waals surface area contributed by atoms with Gasteiger partial charge in [-0.05, 0) is 13.0 Å². The van der Waals surface area contributed by atoms with Crippen LogP contribution in [0.2, 0.25) is 0 Å². The molecule has 7 nitrogen and oxygen atoms in total. The van der Waals surface area contributed by atoms with Gasteiger partial charge in [-0.1, -0.05) is 11.8 Å². The van der Waals surface area contributed by atoms with Crippen LogP contribution in [-0.2, 0) is 11.3 Å². The second kappa shape index (κ2) is 6.57. The summed E-state index contributed by atoms with van der Waals surface area (Å²) in [7, 11) is 0. The van der Waals surface area contributed by atoms with Gasteiger partial charge in [0.15, 0.2) is 0 Å². The molecule has 0 saturated carbocycles. The lowest BCUT2D eigenvalue weighted by atomic mass is 10.1. The Morgan fingerprint density at radius 1 is 1.43 bits per heavy atom. The molecule has 1 N–H and O–H groups in total. The highest BCUT2D eigenvalue weighted by molar-refractivity contribution is 8.13. The Morgan fingerprint density at radius 2 is 2.19 bits per heavy atom. The molecule has 1 fully saturated rings. The molecule has 2 rings (SSSR count). The molecule has 0 aromatic heterocycles. The average molecular weight is 309 g/mol. The van der Waals surface area contributed by atoms with Crippen LogP contribution in [0.5, 0.6) is 0 Å². The Labute approximate surface area is 125 Å². The van der Waals surface area contributed by atoms with Crippen LogP contribution in [0.3, 0.4) is 0 Å². The van der Waals surface area contributed by atoms with Crippen LogP contribution in [0.25, 0.3) is 0 Å². The van der Waals surface area contributed by atoms with Gasteiger partial charge in [0, 0.05) is 42.1 Å². The van der Waals surface area contributed by atoms with Crippen molar-refractivity contribution in [1.82, 2.24) is 4.90 Å². The lowest BCUT2D eigenvalue weighted by Gasteiger charge is -2.25. The molecule has 1 aromatic carbocycles. The van der Waals surface area contributed by atoms with E-state index in [1.807, 2.05) is 6.92 Å². The number of imide groups is 1. The highest BCUT2D eigenvalue weighted by Gasteiger charge is 2.27. The summed E-state index contributed by atoms with van der Waals surface area (Å²) in [6.45, 7) is 2.59. The number of anilines is 1. The summed E-state index contributed by atoms with van der Waals surface area (Å²) in [6, 6.07) is 4.40. The van der Waals surface area contributed by atoms with Crippen molar-refractivity contribution in [3.05, 3.63) is 33.9 Å². The average Bonchev–Trinajstić information content (AvgIpc) is 2.44. The van der Waals surface area contributed by atoms with E-state index in [-0.39, 0.29) is 23.4 Å². The first-order valence-electron chi connectivity index (χ1n) is 6.51. The summed E-state index contributed by atoms with van der Waals surface area (Å²) in [5.74, 6) is 0.246. The summed E-state index contributed by atoms with van der Waals surface area (Å²) < 4.78 is 0. The van der Waals surface area contributed by atoms with Crippen molar-refractivity contribution in [1.29, 1.82) is 0 Å². The molecule has 1 heterocycles. The van der Waals surface area contributed by atoms with Gasteiger partial charge < -0.3 is 5.32 Å². The predicted octanol–water partition coefficient (Wildman–Crippen LogP) is 2.61. The maximum Gasteiger partial charge on any atom is 0.288 e. The minimum absolute atomic E-state index is 0.0503. The molecule has 8 heteroatoms. The van der Waals surface area contributed by atoms with E-state index in [1.165, 1.54) is 12.1 Å². The quantitative estimate of drug-likeness (QED) is 0.664. The monoisotopic (exact) mass is 309 g/mol. The molecule has 1 aromatic rings. The van der Waals surface area contributed by atoms with Gasteiger partial charge in [-0.25, -0.2) is 0 Å². The van der Waals surface area contributed by atoms with E-state index < -0.39 is 4.92 Å². The predicted molar refractivity (Wildman–Crippen MR) is 80.3 cm³/mol. The van der Waals surface area contributed by atoms with Crippen LogP contribution in [0.15, 0.2) is 18.2 Å². The van der Waals surface area contributed by atoms with Crippen LogP contribution < -0.4 is 5.32 Å². The zero-order chi connectivity index (χ0) is 15.4. The second-order valence-corrected chi connectivity index (χ2v) is 5.52. The third-order valence-corrected chi connectivity index (χ3v) is 3.93. The van der Waals surface area contributed by atoms with Crippen LogP contribution in [0, 0.1) is 10.1 Å². The largest absolute Gasteiger partial charge is 0.385 e. The number of nitrogens with zero attached hydrogens (tertiary/aromatic N) is 2. The van der Waals surface area contributed by atoms with Crippen LogP contribution in [0.1, 0.15) is 18.9 Å². The SMILES string of the molecule is CCNc1ccc([N+](=O)[O-])cc1CN1C(=O)CCSC1=O. The van der Waals surface area contributed by atoms with Crippen LogP contribution in [0.4, 0.5) is 16.2 Å². The number of hydrogen-bond donors (Lipinski definition) is 1. The standard InChI is InChI=1S/C13H15N3O4S/c1-2-14-11-4-3-10(16(19)20)7-9(11)8-15-12(17)5-6-21-13(15)18/h3-4,7,14H,2,5-6,8H2,1H3.